The lowest BCUT2D eigenvalue weighted by Crippen LogP contribution is -2.41. The zero-order chi connectivity index (χ0) is 14.4. The molecule has 1 unspecified atom stereocenters. The molecule has 1 N–H and O–H groups in total. The minimum absolute atomic E-state index is 0.498. The molecule has 2 aliphatic heterocycles. The Kier molecular flexibility index (Phi) is 3.23. The van der Waals surface area contributed by atoms with Crippen molar-refractivity contribution >= 4 is 5.97 Å². The second kappa shape index (κ2) is 5.11. The molecular weight excluding hydrogens is 264 g/mol. The van der Waals surface area contributed by atoms with Crippen molar-refractivity contribution in [3.05, 3.63) is 34.9 Å². The first-order chi connectivity index (χ1) is 10.2. The quantitative estimate of drug-likeness (QED) is 0.923. The van der Waals surface area contributed by atoms with Gasteiger partial charge in [0.2, 0.25) is 0 Å². The standard InChI is InChI=1S/C17H22N2O2/c20-17(21)16-3-1-2-12-10-18(9-7-15(12)16)14-6-8-19(11-14)13-4-5-13/h1-3,13-14H,4-11H2,(H,20,21). The first-order valence-electron chi connectivity index (χ1n) is 8.04. The molecule has 4 nitrogen and oxygen atoms in total. The summed E-state index contributed by atoms with van der Waals surface area (Å²) >= 11 is 0. The average molecular weight is 286 g/mol. The maximum absolute atomic E-state index is 11.3. The van der Waals surface area contributed by atoms with Crippen molar-refractivity contribution in [1.29, 1.82) is 0 Å². The molecule has 0 amide bonds. The van der Waals surface area contributed by atoms with Gasteiger partial charge in [0.15, 0.2) is 0 Å². The fourth-order valence-electron chi connectivity index (χ4n) is 3.98. The third kappa shape index (κ3) is 2.47. The predicted molar refractivity (Wildman–Crippen MR) is 80.5 cm³/mol. The van der Waals surface area contributed by atoms with Crippen molar-refractivity contribution in [3.8, 4) is 0 Å². The Hall–Kier alpha value is -1.39. The van der Waals surface area contributed by atoms with Gasteiger partial charge in [0.25, 0.3) is 0 Å². The largest absolute Gasteiger partial charge is 0.478 e. The van der Waals surface area contributed by atoms with Gasteiger partial charge in [-0.25, -0.2) is 4.79 Å². The fraction of sp³-hybridized carbons (Fsp3) is 0.588. The minimum Gasteiger partial charge on any atom is -0.478 e. The number of rotatable bonds is 3. The fourth-order valence-corrected chi connectivity index (χ4v) is 3.98. The van der Waals surface area contributed by atoms with Crippen LogP contribution in [0.15, 0.2) is 18.2 Å². The van der Waals surface area contributed by atoms with Crippen LogP contribution in [-0.2, 0) is 13.0 Å². The number of carbonyl (C=O) groups is 1. The number of fused-ring (bicyclic) bond motifs is 1. The van der Waals surface area contributed by atoms with E-state index in [1.807, 2.05) is 6.07 Å². The van der Waals surface area contributed by atoms with Gasteiger partial charge in [-0.05, 0) is 42.9 Å². The second-order valence-corrected chi connectivity index (χ2v) is 6.64. The van der Waals surface area contributed by atoms with Gasteiger partial charge in [-0.2, -0.15) is 0 Å². The van der Waals surface area contributed by atoms with E-state index in [9.17, 15) is 9.90 Å². The Bertz CT molecular complexity index is 568. The van der Waals surface area contributed by atoms with Crippen LogP contribution in [0.3, 0.4) is 0 Å². The minimum atomic E-state index is -0.791. The predicted octanol–water partition coefficient (Wildman–Crippen LogP) is 1.98. The molecule has 2 heterocycles. The zero-order valence-electron chi connectivity index (χ0n) is 12.3. The van der Waals surface area contributed by atoms with Gasteiger partial charge < -0.3 is 5.11 Å². The maximum atomic E-state index is 11.3. The van der Waals surface area contributed by atoms with Gasteiger partial charge in [-0.3, -0.25) is 9.80 Å². The average Bonchev–Trinajstić information content (AvgIpc) is 3.23. The van der Waals surface area contributed by atoms with E-state index in [-0.39, 0.29) is 0 Å². The molecule has 1 aromatic carbocycles. The van der Waals surface area contributed by atoms with Crippen LogP contribution in [0.5, 0.6) is 0 Å². The van der Waals surface area contributed by atoms with Crippen LogP contribution in [0, 0.1) is 0 Å². The first-order valence-corrected chi connectivity index (χ1v) is 8.04. The first kappa shape index (κ1) is 13.3. The SMILES string of the molecule is O=C(O)c1cccc2c1CCN(C1CCN(C3CC3)C1)C2. The van der Waals surface area contributed by atoms with Crippen molar-refractivity contribution in [2.24, 2.45) is 0 Å². The summed E-state index contributed by atoms with van der Waals surface area (Å²) in [6.07, 6.45) is 4.91. The van der Waals surface area contributed by atoms with Crippen LogP contribution in [0.25, 0.3) is 0 Å². The van der Waals surface area contributed by atoms with E-state index < -0.39 is 5.97 Å². The molecule has 2 fully saturated rings. The number of hydrogen-bond donors (Lipinski definition) is 1. The van der Waals surface area contributed by atoms with E-state index in [1.165, 1.54) is 37.9 Å². The van der Waals surface area contributed by atoms with Crippen molar-refractivity contribution in [2.75, 3.05) is 19.6 Å². The number of hydrogen-bond acceptors (Lipinski definition) is 3. The molecule has 21 heavy (non-hydrogen) atoms. The highest BCUT2D eigenvalue weighted by molar-refractivity contribution is 5.89. The Morgan fingerprint density at radius 1 is 1.10 bits per heavy atom. The van der Waals surface area contributed by atoms with E-state index in [4.69, 9.17) is 0 Å². The number of benzene rings is 1. The molecule has 3 aliphatic rings. The van der Waals surface area contributed by atoms with Gasteiger partial charge in [-0.1, -0.05) is 12.1 Å². The van der Waals surface area contributed by atoms with Crippen molar-refractivity contribution in [2.45, 2.75) is 44.3 Å². The molecule has 112 valence electrons. The van der Waals surface area contributed by atoms with Gasteiger partial charge >= 0.3 is 5.97 Å². The van der Waals surface area contributed by atoms with Crippen molar-refractivity contribution in [3.63, 3.8) is 0 Å². The summed E-state index contributed by atoms with van der Waals surface area (Å²) in [5, 5.41) is 9.30. The van der Waals surface area contributed by atoms with Gasteiger partial charge in [0.05, 0.1) is 5.56 Å². The summed E-state index contributed by atoms with van der Waals surface area (Å²) in [6, 6.07) is 7.25. The topological polar surface area (TPSA) is 43.8 Å². The molecule has 1 saturated carbocycles. The van der Waals surface area contributed by atoms with E-state index >= 15 is 0 Å². The Labute approximate surface area is 125 Å². The smallest absolute Gasteiger partial charge is 0.335 e. The molecule has 4 heteroatoms. The van der Waals surface area contributed by atoms with Gasteiger partial charge in [0.1, 0.15) is 0 Å². The van der Waals surface area contributed by atoms with Gasteiger partial charge in [-0.15, -0.1) is 0 Å². The highest BCUT2D eigenvalue weighted by Crippen LogP contribution is 2.32. The highest BCUT2D eigenvalue weighted by Gasteiger charge is 2.37. The summed E-state index contributed by atoms with van der Waals surface area (Å²) < 4.78 is 0. The lowest BCUT2D eigenvalue weighted by molar-refractivity contribution is 0.0694. The van der Waals surface area contributed by atoms with Crippen molar-refractivity contribution < 1.29 is 9.90 Å². The van der Waals surface area contributed by atoms with Crippen LogP contribution in [-0.4, -0.2) is 52.6 Å². The lowest BCUT2D eigenvalue weighted by Gasteiger charge is -2.34. The summed E-state index contributed by atoms with van der Waals surface area (Å²) in [5.74, 6) is -0.791. The van der Waals surface area contributed by atoms with E-state index in [0.717, 1.165) is 31.1 Å². The number of carboxylic acid groups (broad SMARTS) is 1. The molecule has 1 aromatic rings. The molecule has 1 aliphatic carbocycles. The lowest BCUT2D eigenvalue weighted by atomic mass is 9.93. The number of likely N-dealkylation sites (tertiary alicyclic amines) is 1. The molecule has 0 bridgehead atoms. The Balaban J connectivity index is 1.49. The molecule has 4 rings (SSSR count). The third-order valence-corrected chi connectivity index (χ3v) is 5.30. The molecule has 1 saturated heterocycles. The maximum Gasteiger partial charge on any atom is 0.335 e. The summed E-state index contributed by atoms with van der Waals surface area (Å²) in [5.41, 5.74) is 2.77. The summed E-state index contributed by atoms with van der Waals surface area (Å²) in [7, 11) is 0. The second-order valence-electron chi connectivity index (χ2n) is 6.64. The Morgan fingerprint density at radius 2 is 1.95 bits per heavy atom. The van der Waals surface area contributed by atoms with Crippen LogP contribution in [0.2, 0.25) is 0 Å². The van der Waals surface area contributed by atoms with Crippen molar-refractivity contribution in [1.82, 2.24) is 9.80 Å². The van der Waals surface area contributed by atoms with E-state index in [1.54, 1.807) is 6.07 Å². The van der Waals surface area contributed by atoms with Crippen LogP contribution in [0.1, 0.15) is 40.7 Å². The molecule has 0 aromatic heterocycles. The van der Waals surface area contributed by atoms with Gasteiger partial charge in [0, 0.05) is 38.3 Å². The van der Waals surface area contributed by atoms with Crippen LogP contribution >= 0.6 is 0 Å². The number of nitrogens with zero attached hydrogens (tertiary/aromatic N) is 2. The summed E-state index contributed by atoms with van der Waals surface area (Å²) in [4.78, 5) is 16.5. The third-order valence-electron chi connectivity index (χ3n) is 5.30. The molecule has 1 atom stereocenters. The summed E-state index contributed by atoms with van der Waals surface area (Å²) in [6.45, 7) is 4.37. The normalized spacial score (nSPS) is 26.8. The molecule has 0 spiro atoms. The molecular formula is C17H22N2O2. The highest BCUT2D eigenvalue weighted by atomic mass is 16.4. The van der Waals surface area contributed by atoms with E-state index in [0.29, 0.717) is 11.6 Å². The van der Waals surface area contributed by atoms with Crippen LogP contribution in [0.4, 0.5) is 0 Å². The van der Waals surface area contributed by atoms with Crippen LogP contribution < -0.4 is 0 Å². The number of carboxylic acids is 1. The molecule has 0 radical (unpaired) electrons. The Morgan fingerprint density at radius 3 is 2.71 bits per heavy atom. The zero-order valence-corrected chi connectivity index (χ0v) is 12.3. The monoisotopic (exact) mass is 286 g/mol. The van der Waals surface area contributed by atoms with E-state index in [2.05, 4.69) is 15.9 Å². The number of aromatic carboxylic acids is 1.